The zero-order valence-electron chi connectivity index (χ0n) is 17.4. The van der Waals surface area contributed by atoms with Gasteiger partial charge in [0.15, 0.2) is 6.04 Å². The van der Waals surface area contributed by atoms with Crippen molar-refractivity contribution in [2.75, 3.05) is 10.2 Å². The molecule has 0 unspecified atom stereocenters. The minimum Gasteiger partial charge on any atom is -0.351 e. The first kappa shape index (κ1) is 23.8. The second kappa shape index (κ2) is 10.2. The van der Waals surface area contributed by atoms with Crippen LogP contribution in [0.15, 0.2) is 41.8 Å². The predicted molar refractivity (Wildman–Crippen MR) is 116 cm³/mol. The minimum absolute atomic E-state index is 0.0985. The number of amides is 3. The molecule has 0 aliphatic heterocycles. The standard InChI is InChI=1S/C22H24F3N3O3S/c1-14(29)26-16-9-11-17(12-10-16)28(21(31)22(23,24)25)19(18-8-5-13-32-18)20(30)27-15-6-3-2-4-7-15/h5,8-13,15,19H,2-4,6-7H2,1H3,(H,26,29)(H,27,30)/t19-/m0/s1. The monoisotopic (exact) mass is 467 g/mol. The van der Waals surface area contributed by atoms with Gasteiger partial charge in [0, 0.05) is 29.2 Å². The maximum atomic E-state index is 13.6. The first-order valence-corrected chi connectivity index (χ1v) is 11.2. The molecular formula is C22H24F3N3O3S. The van der Waals surface area contributed by atoms with E-state index in [1.54, 1.807) is 11.4 Å². The normalized spacial score (nSPS) is 15.6. The lowest BCUT2D eigenvalue weighted by molar-refractivity contribution is -0.171. The van der Waals surface area contributed by atoms with Crippen LogP contribution >= 0.6 is 11.3 Å². The molecular weight excluding hydrogens is 443 g/mol. The van der Waals surface area contributed by atoms with E-state index >= 15 is 0 Å². The fourth-order valence-corrected chi connectivity index (χ4v) is 4.59. The summed E-state index contributed by atoms with van der Waals surface area (Å²) in [4.78, 5) is 37.8. The van der Waals surface area contributed by atoms with E-state index in [2.05, 4.69) is 10.6 Å². The van der Waals surface area contributed by atoms with Gasteiger partial charge in [-0.2, -0.15) is 13.2 Å². The quantitative estimate of drug-likeness (QED) is 0.641. The summed E-state index contributed by atoms with van der Waals surface area (Å²) in [5, 5.41) is 7.02. The number of nitrogens with zero attached hydrogens (tertiary/aromatic N) is 1. The molecule has 32 heavy (non-hydrogen) atoms. The highest BCUT2D eigenvalue weighted by Gasteiger charge is 2.47. The fourth-order valence-electron chi connectivity index (χ4n) is 3.78. The van der Waals surface area contributed by atoms with Gasteiger partial charge in [-0.1, -0.05) is 25.3 Å². The Kier molecular flexibility index (Phi) is 7.55. The van der Waals surface area contributed by atoms with Gasteiger partial charge >= 0.3 is 12.1 Å². The van der Waals surface area contributed by atoms with Crippen LogP contribution in [0.5, 0.6) is 0 Å². The van der Waals surface area contributed by atoms with Crippen LogP contribution in [0.25, 0.3) is 0 Å². The van der Waals surface area contributed by atoms with Gasteiger partial charge in [0.25, 0.3) is 0 Å². The van der Waals surface area contributed by atoms with Crippen molar-refractivity contribution >= 4 is 40.4 Å². The third kappa shape index (κ3) is 5.87. The molecule has 0 saturated heterocycles. The van der Waals surface area contributed by atoms with E-state index in [0.29, 0.717) is 15.5 Å². The maximum Gasteiger partial charge on any atom is 0.471 e. The number of nitrogens with one attached hydrogen (secondary N) is 2. The van der Waals surface area contributed by atoms with E-state index in [9.17, 15) is 27.6 Å². The molecule has 1 aliphatic carbocycles. The molecule has 1 atom stereocenters. The van der Waals surface area contributed by atoms with Crippen LogP contribution in [0, 0.1) is 0 Å². The Morgan fingerprint density at radius 3 is 2.25 bits per heavy atom. The van der Waals surface area contributed by atoms with Crippen LogP contribution in [0.1, 0.15) is 49.9 Å². The zero-order chi connectivity index (χ0) is 23.3. The number of anilines is 2. The minimum atomic E-state index is -5.18. The van der Waals surface area contributed by atoms with Crippen molar-refractivity contribution in [2.24, 2.45) is 0 Å². The number of alkyl halides is 3. The third-order valence-electron chi connectivity index (χ3n) is 5.20. The number of rotatable bonds is 6. The topological polar surface area (TPSA) is 78.5 Å². The number of carbonyl (C=O) groups excluding carboxylic acids is 3. The summed E-state index contributed by atoms with van der Waals surface area (Å²) in [5.74, 6) is -3.13. The molecule has 0 radical (unpaired) electrons. The summed E-state index contributed by atoms with van der Waals surface area (Å²) in [5.41, 5.74) is 0.263. The van der Waals surface area contributed by atoms with E-state index in [-0.39, 0.29) is 17.6 Å². The lowest BCUT2D eigenvalue weighted by atomic mass is 9.95. The number of thiophene rings is 1. The molecule has 0 spiro atoms. The third-order valence-corrected chi connectivity index (χ3v) is 6.12. The van der Waals surface area contributed by atoms with Crippen molar-refractivity contribution in [1.82, 2.24) is 5.32 Å². The molecule has 3 amide bonds. The molecule has 10 heteroatoms. The van der Waals surface area contributed by atoms with Crippen LogP contribution in [0.3, 0.4) is 0 Å². The molecule has 1 aromatic heterocycles. The lowest BCUT2D eigenvalue weighted by Crippen LogP contribution is -2.50. The molecule has 6 nitrogen and oxygen atoms in total. The van der Waals surface area contributed by atoms with E-state index in [4.69, 9.17) is 0 Å². The number of hydrogen-bond acceptors (Lipinski definition) is 4. The van der Waals surface area contributed by atoms with Crippen molar-refractivity contribution < 1.29 is 27.6 Å². The van der Waals surface area contributed by atoms with E-state index in [1.165, 1.54) is 37.3 Å². The summed E-state index contributed by atoms with van der Waals surface area (Å²) in [6, 6.07) is 6.89. The van der Waals surface area contributed by atoms with Gasteiger partial charge in [-0.25, -0.2) is 0 Å². The Labute approximate surface area is 187 Å². The lowest BCUT2D eigenvalue weighted by Gasteiger charge is -2.33. The molecule has 1 saturated carbocycles. The Morgan fingerprint density at radius 2 is 1.72 bits per heavy atom. The first-order chi connectivity index (χ1) is 15.2. The van der Waals surface area contributed by atoms with E-state index in [1.807, 2.05) is 0 Å². The molecule has 1 aromatic carbocycles. The average Bonchev–Trinajstić information content (AvgIpc) is 3.26. The summed E-state index contributed by atoms with van der Waals surface area (Å²) in [6.07, 6.45) is -0.755. The molecule has 1 fully saturated rings. The largest absolute Gasteiger partial charge is 0.471 e. The fraction of sp³-hybridized carbons (Fsp3) is 0.409. The number of hydrogen-bond donors (Lipinski definition) is 2. The van der Waals surface area contributed by atoms with Crippen molar-refractivity contribution in [3.8, 4) is 0 Å². The van der Waals surface area contributed by atoms with Crippen LogP contribution < -0.4 is 15.5 Å². The van der Waals surface area contributed by atoms with Gasteiger partial charge in [-0.05, 0) is 48.6 Å². The second-order valence-corrected chi connectivity index (χ2v) is 8.64. The van der Waals surface area contributed by atoms with Crippen molar-refractivity contribution in [2.45, 2.75) is 57.3 Å². The Balaban J connectivity index is 2.00. The smallest absolute Gasteiger partial charge is 0.351 e. The van der Waals surface area contributed by atoms with Crippen molar-refractivity contribution in [3.63, 3.8) is 0 Å². The van der Waals surface area contributed by atoms with Gasteiger partial charge in [-0.15, -0.1) is 11.3 Å². The summed E-state index contributed by atoms with van der Waals surface area (Å²) in [7, 11) is 0. The Morgan fingerprint density at radius 1 is 1.06 bits per heavy atom. The summed E-state index contributed by atoms with van der Waals surface area (Å²) in [6.45, 7) is 1.30. The Hall–Kier alpha value is -2.88. The van der Waals surface area contributed by atoms with Crippen LogP contribution in [0.4, 0.5) is 24.5 Å². The predicted octanol–water partition coefficient (Wildman–Crippen LogP) is 4.79. The maximum absolute atomic E-state index is 13.6. The van der Waals surface area contributed by atoms with Crippen molar-refractivity contribution in [3.05, 3.63) is 46.7 Å². The number of halogens is 3. The highest BCUT2D eigenvalue weighted by Crippen LogP contribution is 2.35. The highest BCUT2D eigenvalue weighted by atomic mass is 32.1. The van der Waals surface area contributed by atoms with Crippen LogP contribution in [-0.4, -0.2) is 29.9 Å². The van der Waals surface area contributed by atoms with Crippen LogP contribution in [0.2, 0.25) is 0 Å². The van der Waals surface area contributed by atoms with Crippen LogP contribution in [-0.2, 0) is 14.4 Å². The molecule has 2 aromatic rings. The number of carbonyl (C=O) groups is 3. The average molecular weight is 468 g/mol. The molecule has 1 aliphatic rings. The second-order valence-electron chi connectivity index (χ2n) is 7.66. The highest BCUT2D eigenvalue weighted by molar-refractivity contribution is 7.10. The number of benzene rings is 1. The van der Waals surface area contributed by atoms with E-state index in [0.717, 1.165) is 43.4 Å². The van der Waals surface area contributed by atoms with Gasteiger partial charge in [0.1, 0.15) is 0 Å². The zero-order valence-corrected chi connectivity index (χ0v) is 18.3. The van der Waals surface area contributed by atoms with Gasteiger partial charge in [0.2, 0.25) is 11.8 Å². The molecule has 1 heterocycles. The first-order valence-electron chi connectivity index (χ1n) is 10.3. The van der Waals surface area contributed by atoms with Crippen molar-refractivity contribution in [1.29, 1.82) is 0 Å². The summed E-state index contributed by atoms with van der Waals surface area (Å²) < 4.78 is 40.8. The van der Waals surface area contributed by atoms with Gasteiger partial charge < -0.3 is 10.6 Å². The molecule has 0 bridgehead atoms. The van der Waals surface area contributed by atoms with E-state index < -0.39 is 24.0 Å². The Bertz CT molecular complexity index is 940. The summed E-state index contributed by atoms with van der Waals surface area (Å²) >= 11 is 1.10. The SMILES string of the molecule is CC(=O)Nc1ccc(N(C(=O)C(F)(F)F)[C@H](C(=O)NC2CCCCC2)c2cccs2)cc1. The molecule has 3 rings (SSSR count). The van der Waals surface area contributed by atoms with Gasteiger partial charge in [-0.3, -0.25) is 19.3 Å². The van der Waals surface area contributed by atoms with Gasteiger partial charge in [0.05, 0.1) is 0 Å². The molecule has 2 N–H and O–H groups in total. The molecule has 172 valence electrons.